The fourth-order valence-electron chi connectivity index (χ4n) is 4.54. The predicted octanol–water partition coefficient (Wildman–Crippen LogP) is -7.94. The van der Waals surface area contributed by atoms with Gasteiger partial charge < -0.3 is 82.2 Å². The number of aliphatic imine (C=N–C) groups is 2. The molecule has 0 aliphatic heterocycles. The molecule has 22 N–H and O–H groups in total. The van der Waals surface area contributed by atoms with Crippen LogP contribution in [-0.4, -0.2) is 139 Å². The molecule has 0 bridgehead atoms. The summed E-state index contributed by atoms with van der Waals surface area (Å²) in [6.45, 7) is -1.44. The van der Waals surface area contributed by atoms with Crippen LogP contribution in [0.5, 0.6) is 0 Å². The highest BCUT2D eigenvalue weighted by Gasteiger charge is 2.31. The minimum atomic E-state index is -1.46. The van der Waals surface area contributed by atoms with Crippen LogP contribution in [0.15, 0.2) is 9.98 Å². The first-order valence-corrected chi connectivity index (χ1v) is 17.3. The second kappa shape index (κ2) is 27.7. The van der Waals surface area contributed by atoms with Crippen LogP contribution in [0.4, 0.5) is 0 Å². The zero-order valence-electron chi connectivity index (χ0n) is 30.6. The summed E-state index contributed by atoms with van der Waals surface area (Å²) >= 11 is 0. The molecule has 0 saturated heterocycles. The van der Waals surface area contributed by atoms with Crippen molar-refractivity contribution in [1.29, 1.82) is 0 Å². The summed E-state index contributed by atoms with van der Waals surface area (Å²) in [4.78, 5) is 108. The van der Waals surface area contributed by atoms with E-state index in [4.69, 9.17) is 45.2 Å². The maximum Gasteiger partial charge on any atom is 0.326 e. The van der Waals surface area contributed by atoms with Gasteiger partial charge in [-0.05, 0) is 57.9 Å². The number of nitrogens with zero attached hydrogens (tertiary/aromatic N) is 2. The molecule has 0 aliphatic carbocycles. The minimum Gasteiger partial charge on any atom is -0.480 e. The molecule has 7 amide bonds. The number of hydrogen-bond donors (Lipinski definition) is 15. The number of primary amides is 1. The zero-order chi connectivity index (χ0) is 41.9. The van der Waals surface area contributed by atoms with Gasteiger partial charge in [0.2, 0.25) is 41.4 Å². The number of aliphatic hydroxyl groups is 1. The molecule has 0 aromatic rings. The van der Waals surface area contributed by atoms with E-state index in [1.54, 1.807) is 0 Å². The lowest BCUT2D eigenvalue weighted by atomic mass is 10.0. The van der Waals surface area contributed by atoms with Crippen LogP contribution >= 0.6 is 0 Å². The summed E-state index contributed by atoms with van der Waals surface area (Å²) in [6.07, 6.45) is 0.330. The van der Waals surface area contributed by atoms with Gasteiger partial charge in [-0.15, -0.1) is 0 Å². The molecule has 5 atom stereocenters. The van der Waals surface area contributed by atoms with Gasteiger partial charge in [0.15, 0.2) is 11.9 Å². The van der Waals surface area contributed by atoms with Crippen molar-refractivity contribution in [2.75, 3.05) is 39.3 Å². The summed E-state index contributed by atoms with van der Waals surface area (Å²) in [6, 6.07) is -6.74. The monoisotopic (exact) mass is 787 g/mol. The van der Waals surface area contributed by atoms with Gasteiger partial charge in [0.1, 0.15) is 30.2 Å². The second-order valence-corrected chi connectivity index (χ2v) is 12.1. The molecule has 55 heavy (non-hydrogen) atoms. The lowest BCUT2D eigenvalue weighted by Crippen LogP contribution is -2.58. The molecule has 0 aromatic carbocycles. The highest BCUT2D eigenvalue weighted by Crippen LogP contribution is 2.08. The van der Waals surface area contributed by atoms with Gasteiger partial charge in [0, 0.05) is 19.5 Å². The summed E-state index contributed by atoms with van der Waals surface area (Å²) in [5, 5.41) is 32.8. The molecule has 0 spiro atoms. The third-order valence-electron chi connectivity index (χ3n) is 7.45. The fourth-order valence-corrected chi connectivity index (χ4v) is 4.54. The van der Waals surface area contributed by atoms with E-state index in [0.717, 1.165) is 0 Å². The van der Waals surface area contributed by atoms with Crippen LogP contribution in [-0.2, 0) is 38.4 Å². The largest absolute Gasteiger partial charge is 0.480 e. The van der Waals surface area contributed by atoms with Crippen LogP contribution in [0.2, 0.25) is 0 Å². The van der Waals surface area contributed by atoms with Crippen molar-refractivity contribution < 1.29 is 48.6 Å². The van der Waals surface area contributed by atoms with E-state index in [2.05, 4.69) is 41.9 Å². The number of nitrogens with two attached hydrogens (primary N) is 7. The smallest absolute Gasteiger partial charge is 0.326 e. The number of carbonyl (C=O) groups is 8. The first-order valence-electron chi connectivity index (χ1n) is 17.3. The molecule has 0 rings (SSSR count). The van der Waals surface area contributed by atoms with E-state index in [1.807, 2.05) is 0 Å². The minimum absolute atomic E-state index is 0.0118. The number of hydrogen-bond acceptors (Lipinski definition) is 13. The normalized spacial score (nSPS) is 13.3. The molecule has 25 nitrogen and oxygen atoms in total. The van der Waals surface area contributed by atoms with E-state index < -0.39 is 97.2 Å². The molecule has 0 fully saturated rings. The Labute approximate surface area is 317 Å². The number of carboxylic acids is 1. The molecule has 0 radical (unpaired) electrons. The Hall–Kier alpha value is -5.82. The Morgan fingerprint density at radius 3 is 1.49 bits per heavy atom. The highest BCUT2D eigenvalue weighted by atomic mass is 16.4. The first-order chi connectivity index (χ1) is 25.9. The van der Waals surface area contributed by atoms with E-state index >= 15 is 0 Å². The average Bonchev–Trinajstić information content (AvgIpc) is 3.12. The zero-order valence-corrected chi connectivity index (χ0v) is 30.6. The molecule has 0 unspecified atom stereocenters. The Morgan fingerprint density at radius 1 is 0.564 bits per heavy atom. The van der Waals surface area contributed by atoms with Gasteiger partial charge >= 0.3 is 5.97 Å². The summed E-state index contributed by atoms with van der Waals surface area (Å²) in [5.74, 6) is -7.68. The number of carbonyl (C=O) groups excluding carboxylic acids is 7. The third kappa shape index (κ3) is 23.5. The van der Waals surface area contributed by atoms with Gasteiger partial charge in [-0.3, -0.25) is 43.5 Å². The number of aliphatic hydroxyl groups excluding tert-OH is 1. The van der Waals surface area contributed by atoms with E-state index in [9.17, 15) is 43.5 Å². The molecule has 0 aromatic heterocycles. The van der Waals surface area contributed by atoms with Gasteiger partial charge in [0.25, 0.3) is 0 Å². The lowest BCUT2D eigenvalue weighted by Gasteiger charge is -2.26. The Kier molecular flexibility index (Phi) is 24.8. The number of unbranched alkanes of at least 4 members (excludes halogenated alkanes) is 1. The Bertz CT molecular complexity index is 1360. The van der Waals surface area contributed by atoms with Crippen molar-refractivity contribution >= 4 is 59.2 Å². The second-order valence-electron chi connectivity index (χ2n) is 12.1. The van der Waals surface area contributed by atoms with E-state index in [-0.39, 0.29) is 76.5 Å². The van der Waals surface area contributed by atoms with Crippen molar-refractivity contribution in [3.63, 3.8) is 0 Å². The number of carboxylic acid groups (broad SMARTS) is 1. The average molecular weight is 788 g/mol. The third-order valence-corrected chi connectivity index (χ3v) is 7.45. The van der Waals surface area contributed by atoms with Crippen LogP contribution in [0, 0.1) is 0 Å². The molecule has 0 saturated carbocycles. The highest BCUT2D eigenvalue weighted by molar-refractivity contribution is 5.96. The van der Waals surface area contributed by atoms with Crippen molar-refractivity contribution in [2.45, 2.75) is 88.0 Å². The SMILES string of the molecule is NCCCC[C@H](NC(=O)[C@H](CCCN=C(N)N)NC(=O)CNC(=O)CNC(=O)[C@@H](N)CO)C(=O)N[C@@H](CCC(N)=O)C(=O)N[C@@H](CCCN=C(N)N)C(=O)O. The van der Waals surface area contributed by atoms with Crippen molar-refractivity contribution in [2.24, 2.45) is 50.1 Å². The molecule has 25 heteroatoms. The molecule has 312 valence electrons. The number of guanidine groups is 2. The standard InChI is InChI=1S/C30H57N15O10/c31-10-2-1-5-18(26(52)44-19(8-9-21(33)47)27(53)45-20(28(54)55)7-4-12-39-30(36)37)43-25(51)17(6-3-11-38-29(34)35)42-23(49)14-40-22(48)13-41-24(50)16(32)15-46/h16-20,46H,1-15,31-32H2,(H2,33,47)(H,40,48)(H,41,50)(H,42,49)(H,43,51)(H,44,52)(H,45,53)(H,54,55)(H4,34,35,38)(H4,36,37,39)/t16-,17-,18-,19-,20-/m0/s1. The molecule has 0 heterocycles. The van der Waals surface area contributed by atoms with Crippen LogP contribution in [0.25, 0.3) is 0 Å². The topological polar surface area (TPSA) is 456 Å². The predicted molar refractivity (Wildman–Crippen MR) is 198 cm³/mol. The maximum atomic E-state index is 13.6. The molecule has 0 aliphatic rings. The van der Waals surface area contributed by atoms with Crippen LogP contribution in [0.1, 0.15) is 57.8 Å². The molecular weight excluding hydrogens is 730 g/mol. The Morgan fingerprint density at radius 2 is 1.02 bits per heavy atom. The van der Waals surface area contributed by atoms with Gasteiger partial charge in [-0.2, -0.15) is 0 Å². The van der Waals surface area contributed by atoms with Gasteiger partial charge in [-0.1, -0.05) is 0 Å². The number of aliphatic carboxylic acids is 1. The van der Waals surface area contributed by atoms with Crippen LogP contribution < -0.4 is 72.0 Å². The number of rotatable bonds is 29. The lowest BCUT2D eigenvalue weighted by molar-refractivity contribution is -0.142. The number of nitrogens with one attached hydrogen (secondary N) is 6. The fraction of sp³-hybridized carbons (Fsp3) is 0.667. The summed E-state index contributed by atoms with van der Waals surface area (Å²) in [5.41, 5.74) is 37.5. The van der Waals surface area contributed by atoms with E-state index in [1.165, 1.54) is 0 Å². The van der Waals surface area contributed by atoms with Gasteiger partial charge in [0.05, 0.1) is 19.7 Å². The Balaban J connectivity index is 6.01. The summed E-state index contributed by atoms with van der Waals surface area (Å²) < 4.78 is 0. The van der Waals surface area contributed by atoms with Gasteiger partial charge in [-0.25, -0.2) is 4.79 Å². The van der Waals surface area contributed by atoms with E-state index in [0.29, 0.717) is 12.8 Å². The van der Waals surface area contributed by atoms with Crippen molar-refractivity contribution in [3.8, 4) is 0 Å². The quantitative estimate of drug-likeness (QED) is 0.0190. The van der Waals surface area contributed by atoms with Crippen LogP contribution in [0.3, 0.4) is 0 Å². The summed E-state index contributed by atoms with van der Waals surface area (Å²) in [7, 11) is 0. The first kappa shape index (κ1) is 49.2. The maximum absolute atomic E-state index is 13.6. The number of amides is 7. The van der Waals surface area contributed by atoms with Crippen molar-refractivity contribution in [1.82, 2.24) is 31.9 Å². The molecular formula is C30H57N15O10. The van der Waals surface area contributed by atoms with Crippen molar-refractivity contribution in [3.05, 3.63) is 0 Å².